The monoisotopic (exact) mass is 314 g/mol. The van der Waals surface area contributed by atoms with Crippen LogP contribution >= 0.6 is 11.3 Å². The Labute approximate surface area is 113 Å². The first-order valence-electron chi connectivity index (χ1n) is 5.65. The maximum absolute atomic E-state index is 12.0. The fourth-order valence-corrected chi connectivity index (χ4v) is 3.74. The van der Waals surface area contributed by atoms with Crippen molar-refractivity contribution in [1.82, 2.24) is 10.0 Å². The van der Waals surface area contributed by atoms with Gasteiger partial charge in [-0.3, -0.25) is 0 Å². The molecule has 19 heavy (non-hydrogen) atoms. The Morgan fingerprint density at radius 3 is 2.58 bits per heavy atom. The lowest BCUT2D eigenvalue weighted by Crippen LogP contribution is -2.33. The Morgan fingerprint density at radius 1 is 1.32 bits per heavy atom. The molecule has 1 aromatic heterocycles. The molecule has 0 radical (unpaired) electrons. The molecule has 0 unspecified atom stereocenters. The van der Waals surface area contributed by atoms with Crippen LogP contribution in [0.2, 0.25) is 0 Å². The quantitative estimate of drug-likeness (QED) is 0.842. The standard InChI is InChI=1S/C10H13F3N2O2S2/c11-10(12,13)6-15-19(16,17)9-4-3-8(18-9)5-14-7-1-2-7/h3-4,7,14-15H,1-2,5-6H2. The van der Waals surface area contributed by atoms with Gasteiger partial charge in [0.05, 0.1) is 0 Å². The van der Waals surface area contributed by atoms with Crippen LogP contribution in [0, 0.1) is 0 Å². The van der Waals surface area contributed by atoms with E-state index in [1.54, 1.807) is 10.8 Å². The van der Waals surface area contributed by atoms with E-state index in [2.05, 4.69) is 5.32 Å². The highest BCUT2D eigenvalue weighted by atomic mass is 32.2. The largest absolute Gasteiger partial charge is 0.402 e. The van der Waals surface area contributed by atoms with Gasteiger partial charge in [0.25, 0.3) is 0 Å². The Kier molecular flexibility index (Phi) is 4.19. The molecular formula is C10H13F3N2O2S2. The van der Waals surface area contributed by atoms with Gasteiger partial charge in [-0.1, -0.05) is 0 Å². The number of rotatable bonds is 6. The van der Waals surface area contributed by atoms with Gasteiger partial charge in [0.1, 0.15) is 10.8 Å². The summed E-state index contributed by atoms with van der Waals surface area (Å²) in [6.45, 7) is -1.01. The predicted octanol–water partition coefficient (Wildman–Crippen LogP) is 1.84. The van der Waals surface area contributed by atoms with Crippen molar-refractivity contribution in [3.05, 3.63) is 17.0 Å². The molecule has 1 aliphatic carbocycles. The fourth-order valence-electron chi connectivity index (χ4n) is 1.38. The van der Waals surface area contributed by atoms with E-state index in [9.17, 15) is 21.6 Å². The minimum absolute atomic E-state index is 0.0932. The average molecular weight is 314 g/mol. The summed E-state index contributed by atoms with van der Waals surface area (Å²) in [6, 6.07) is 3.43. The summed E-state index contributed by atoms with van der Waals surface area (Å²) in [5.41, 5.74) is 0. The Morgan fingerprint density at radius 2 is 2.00 bits per heavy atom. The van der Waals surface area contributed by atoms with Crippen LogP contribution in [-0.4, -0.2) is 27.2 Å². The molecule has 0 bridgehead atoms. The predicted molar refractivity (Wildman–Crippen MR) is 65.4 cm³/mol. The van der Waals surface area contributed by atoms with E-state index in [0.717, 1.165) is 29.1 Å². The van der Waals surface area contributed by atoms with Gasteiger partial charge in [-0.25, -0.2) is 13.1 Å². The van der Waals surface area contributed by atoms with Crippen molar-refractivity contribution in [3.63, 3.8) is 0 Å². The van der Waals surface area contributed by atoms with Gasteiger partial charge in [-0.2, -0.15) is 13.2 Å². The summed E-state index contributed by atoms with van der Waals surface area (Å²) in [6.07, 6.45) is -2.33. The minimum atomic E-state index is -4.55. The summed E-state index contributed by atoms with van der Waals surface area (Å²) < 4.78 is 60.7. The highest BCUT2D eigenvalue weighted by Crippen LogP contribution is 2.24. The summed E-state index contributed by atoms with van der Waals surface area (Å²) in [5, 5.41) is 3.21. The van der Waals surface area contributed by atoms with E-state index in [1.807, 2.05) is 0 Å². The molecule has 1 fully saturated rings. The topological polar surface area (TPSA) is 58.2 Å². The molecule has 1 aliphatic rings. The van der Waals surface area contributed by atoms with Crippen molar-refractivity contribution in [3.8, 4) is 0 Å². The van der Waals surface area contributed by atoms with E-state index in [4.69, 9.17) is 0 Å². The minimum Gasteiger partial charge on any atom is -0.309 e. The molecule has 1 saturated carbocycles. The van der Waals surface area contributed by atoms with E-state index >= 15 is 0 Å². The van der Waals surface area contributed by atoms with Crippen LogP contribution in [0.4, 0.5) is 13.2 Å². The molecule has 1 heterocycles. The molecule has 0 spiro atoms. The van der Waals surface area contributed by atoms with Crippen LogP contribution in [0.25, 0.3) is 0 Å². The van der Waals surface area contributed by atoms with Crippen molar-refractivity contribution in [2.45, 2.75) is 35.8 Å². The van der Waals surface area contributed by atoms with Crippen LogP contribution in [0.3, 0.4) is 0 Å². The molecule has 108 valence electrons. The molecule has 2 rings (SSSR count). The SMILES string of the molecule is O=S(=O)(NCC(F)(F)F)c1ccc(CNC2CC2)s1. The maximum atomic E-state index is 12.0. The molecule has 2 N–H and O–H groups in total. The van der Waals surface area contributed by atoms with Crippen LogP contribution in [-0.2, 0) is 16.6 Å². The van der Waals surface area contributed by atoms with Crippen LogP contribution < -0.4 is 10.0 Å². The van der Waals surface area contributed by atoms with Gasteiger partial charge in [0, 0.05) is 17.5 Å². The highest BCUT2D eigenvalue weighted by molar-refractivity contribution is 7.91. The Bertz CT molecular complexity index is 535. The summed E-state index contributed by atoms with van der Waals surface area (Å²) in [7, 11) is -4.07. The molecule has 0 saturated heterocycles. The molecule has 0 atom stereocenters. The first kappa shape index (κ1) is 14.8. The Balaban J connectivity index is 1.95. The van der Waals surface area contributed by atoms with E-state index in [0.29, 0.717) is 12.6 Å². The highest BCUT2D eigenvalue weighted by Gasteiger charge is 2.30. The Hall–Kier alpha value is -0.640. The third kappa shape index (κ3) is 4.75. The van der Waals surface area contributed by atoms with Gasteiger partial charge in [0.15, 0.2) is 0 Å². The second-order valence-corrected chi connectivity index (χ2v) is 7.48. The van der Waals surface area contributed by atoms with Gasteiger partial charge in [0.2, 0.25) is 10.0 Å². The van der Waals surface area contributed by atoms with Crippen molar-refractivity contribution >= 4 is 21.4 Å². The molecular weight excluding hydrogens is 301 g/mol. The summed E-state index contributed by atoms with van der Waals surface area (Å²) in [5.74, 6) is 0. The molecule has 4 nitrogen and oxygen atoms in total. The number of hydrogen-bond donors (Lipinski definition) is 2. The van der Waals surface area contributed by atoms with Crippen LogP contribution in [0.15, 0.2) is 16.3 Å². The number of hydrogen-bond acceptors (Lipinski definition) is 4. The van der Waals surface area contributed by atoms with Crippen LogP contribution in [0.1, 0.15) is 17.7 Å². The number of halogens is 3. The number of thiophene rings is 1. The van der Waals surface area contributed by atoms with E-state index in [1.165, 1.54) is 6.07 Å². The molecule has 0 aromatic carbocycles. The number of nitrogens with one attached hydrogen (secondary N) is 2. The molecule has 0 amide bonds. The lowest BCUT2D eigenvalue weighted by atomic mass is 10.4. The zero-order valence-electron chi connectivity index (χ0n) is 9.83. The molecule has 0 aliphatic heterocycles. The maximum Gasteiger partial charge on any atom is 0.402 e. The second-order valence-electron chi connectivity index (χ2n) is 4.32. The average Bonchev–Trinajstić information content (AvgIpc) is 3.00. The van der Waals surface area contributed by atoms with Crippen molar-refractivity contribution < 1.29 is 21.6 Å². The van der Waals surface area contributed by atoms with Gasteiger partial charge in [-0.15, -0.1) is 11.3 Å². The van der Waals surface area contributed by atoms with E-state index < -0.39 is 22.7 Å². The lowest BCUT2D eigenvalue weighted by molar-refractivity contribution is -0.121. The van der Waals surface area contributed by atoms with Crippen molar-refractivity contribution in [2.75, 3.05) is 6.54 Å². The third-order valence-electron chi connectivity index (χ3n) is 2.51. The first-order valence-corrected chi connectivity index (χ1v) is 7.95. The zero-order valence-corrected chi connectivity index (χ0v) is 11.5. The molecule has 9 heteroatoms. The van der Waals surface area contributed by atoms with Crippen molar-refractivity contribution in [2.24, 2.45) is 0 Å². The van der Waals surface area contributed by atoms with Gasteiger partial charge < -0.3 is 5.32 Å². The summed E-state index contributed by atoms with van der Waals surface area (Å²) in [4.78, 5) is 0.791. The van der Waals surface area contributed by atoms with Gasteiger partial charge >= 0.3 is 6.18 Å². The van der Waals surface area contributed by atoms with Gasteiger partial charge in [-0.05, 0) is 25.0 Å². The zero-order chi connectivity index (χ0) is 14.1. The molecule has 1 aromatic rings. The fraction of sp³-hybridized carbons (Fsp3) is 0.600. The van der Waals surface area contributed by atoms with Crippen LogP contribution in [0.5, 0.6) is 0 Å². The lowest BCUT2D eigenvalue weighted by Gasteiger charge is -2.07. The second kappa shape index (κ2) is 5.39. The normalized spacial score (nSPS) is 16.8. The smallest absolute Gasteiger partial charge is 0.309 e. The van der Waals surface area contributed by atoms with E-state index in [-0.39, 0.29) is 4.21 Å². The summed E-state index contributed by atoms with van der Waals surface area (Å²) >= 11 is 0.980. The number of alkyl halides is 3. The van der Waals surface area contributed by atoms with Crippen molar-refractivity contribution in [1.29, 1.82) is 0 Å². The number of sulfonamides is 1. The third-order valence-corrected chi connectivity index (χ3v) is 5.49. The first-order chi connectivity index (χ1) is 8.76.